The lowest BCUT2D eigenvalue weighted by molar-refractivity contribution is 1.66. The van der Waals surface area contributed by atoms with Crippen LogP contribution in [0, 0.1) is 0 Å². The lowest BCUT2D eigenvalue weighted by Gasteiger charge is -2.14. The van der Waals surface area contributed by atoms with Gasteiger partial charge in [-0.3, -0.25) is 0 Å². The molecule has 0 nitrogen and oxygen atoms in total. The standard InChI is InChI=1S/C20H17P/c1-4-10-18(11-5-1)16-17-21(19-12-6-2-7-13-19)20-14-8-3-9-15-20/h1-17H/b17-16-. The molecule has 0 N–H and O–H groups in total. The molecule has 0 unspecified atom stereocenters. The van der Waals surface area contributed by atoms with E-state index in [2.05, 4.69) is 103 Å². The lowest BCUT2D eigenvalue weighted by Crippen LogP contribution is -2.09. The van der Waals surface area contributed by atoms with E-state index in [0.29, 0.717) is 0 Å². The van der Waals surface area contributed by atoms with Crippen LogP contribution in [0.3, 0.4) is 0 Å². The van der Waals surface area contributed by atoms with E-state index in [1.165, 1.54) is 16.2 Å². The first-order valence-electron chi connectivity index (χ1n) is 7.06. The zero-order valence-electron chi connectivity index (χ0n) is 11.8. The molecule has 21 heavy (non-hydrogen) atoms. The van der Waals surface area contributed by atoms with Gasteiger partial charge < -0.3 is 0 Å². The molecule has 0 aliphatic rings. The summed E-state index contributed by atoms with van der Waals surface area (Å²) in [5, 5.41) is 2.76. The monoisotopic (exact) mass is 288 g/mol. The summed E-state index contributed by atoms with van der Waals surface area (Å²) >= 11 is 0. The van der Waals surface area contributed by atoms with Gasteiger partial charge in [0.15, 0.2) is 0 Å². The minimum Gasteiger partial charge on any atom is -0.0622 e. The molecule has 3 aromatic rings. The minimum absolute atomic E-state index is 0.455. The summed E-state index contributed by atoms with van der Waals surface area (Å²) in [6.45, 7) is 0. The topological polar surface area (TPSA) is 0 Å². The second-order valence-corrected chi connectivity index (χ2v) is 6.84. The molecule has 0 heterocycles. The van der Waals surface area contributed by atoms with Crippen LogP contribution in [0.25, 0.3) is 6.08 Å². The molecule has 0 amide bonds. The summed E-state index contributed by atoms with van der Waals surface area (Å²) in [7, 11) is -0.455. The van der Waals surface area contributed by atoms with Crippen LogP contribution in [0.2, 0.25) is 0 Å². The summed E-state index contributed by atoms with van der Waals surface area (Å²) in [6.07, 6.45) is 2.23. The zero-order chi connectivity index (χ0) is 14.3. The quantitative estimate of drug-likeness (QED) is 0.605. The molecular formula is C20H17P. The highest BCUT2D eigenvalue weighted by Crippen LogP contribution is 2.35. The van der Waals surface area contributed by atoms with Gasteiger partial charge in [-0.2, -0.15) is 0 Å². The largest absolute Gasteiger partial charge is 0.0622 e. The Hall–Kier alpha value is -2.17. The molecule has 0 aliphatic carbocycles. The molecule has 102 valence electrons. The Balaban J connectivity index is 1.96. The fourth-order valence-electron chi connectivity index (χ4n) is 2.22. The summed E-state index contributed by atoms with van der Waals surface area (Å²) in [6, 6.07) is 32.0. The van der Waals surface area contributed by atoms with Gasteiger partial charge in [0.2, 0.25) is 0 Å². The molecule has 0 saturated carbocycles. The van der Waals surface area contributed by atoms with Gasteiger partial charge in [-0.15, -0.1) is 0 Å². The third-order valence-corrected chi connectivity index (χ3v) is 5.44. The van der Waals surface area contributed by atoms with Gasteiger partial charge in [-0.05, 0) is 24.1 Å². The third-order valence-electron chi connectivity index (χ3n) is 3.28. The Labute approximate surface area is 127 Å². The molecule has 1 heteroatoms. The lowest BCUT2D eigenvalue weighted by atomic mass is 10.2. The molecule has 0 spiro atoms. The van der Waals surface area contributed by atoms with E-state index < -0.39 is 7.92 Å². The molecule has 0 saturated heterocycles. The maximum Gasteiger partial charge on any atom is -0.0157 e. The number of hydrogen-bond acceptors (Lipinski definition) is 0. The van der Waals surface area contributed by atoms with E-state index in [4.69, 9.17) is 0 Å². The smallest absolute Gasteiger partial charge is 0.0157 e. The first kappa shape index (κ1) is 13.8. The van der Waals surface area contributed by atoms with Crippen LogP contribution in [-0.4, -0.2) is 0 Å². The molecule has 0 fully saturated rings. The van der Waals surface area contributed by atoms with Crippen molar-refractivity contribution < 1.29 is 0 Å². The van der Waals surface area contributed by atoms with E-state index in [1.54, 1.807) is 0 Å². The zero-order valence-corrected chi connectivity index (χ0v) is 12.7. The van der Waals surface area contributed by atoms with Crippen molar-refractivity contribution in [1.29, 1.82) is 0 Å². The Kier molecular flexibility index (Phi) is 4.61. The van der Waals surface area contributed by atoms with Crippen molar-refractivity contribution in [2.75, 3.05) is 0 Å². The maximum absolute atomic E-state index is 2.34. The van der Waals surface area contributed by atoms with Crippen LogP contribution in [0.1, 0.15) is 5.56 Å². The highest BCUT2D eigenvalue weighted by Gasteiger charge is 2.09. The van der Waals surface area contributed by atoms with Crippen molar-refractivity contribution in [2.24, 2.45) is 0 Å². The summed E-state index contributed by atoms with van der Waals surface area (Å²) in [4.78, 5) is 0. The maximum atomic E-state index is 2.34. The summed E-state index contributed by atoms with van der Waals surface area (Å²) < 4.78 is 0. The van der Waals surface area contributed by atoms with E-state index in [9.17, 15) is 0 Å². The van der Waals surface area contributed by atoms with Crippen LogP contribution in [-0.2, 0) is 0 Å². The van der Waals surface area contributed by atoms with Crippen LogP contribution in [0.4, 0.5) is 0 Å². The van der Waals surface area contributed by atoms with Crippen molar-refractivity contribution in [3.63, 3.8) is 0 Å². The molecule has 0 radical (unpaired) electrons. The Morgan fingerprint density at radius 2 is 0.952 bits per heavy atom. The van der Waals surface area contributed by atoms with Crippen LogP contribution < -0.4 is 10.6 Å². The van der Waals surface area contributed by atoms with Crippen LogP contribution in [0.5, 0.6) is 0 Å². The molecule has 0 bridgehead atoms. The second-order valence-electron chi connectivity index (χ2n) is 4.77. The minimum atomic E-state index is -0.455. The van der Waals surface area contributed by atoms with E-state index in [-0.39, 0.29) is 0 Å². The Morgan fingerprint density at radius 1 is 0.524 bits per heavy atom. The van der Waals surface area contributed by atoms with E-state index >= 15 is 0 Å². The molecule has 0 aromatic heterocycles. The van der Waals surface area contributed by atoms with Gasteiger partial charge in [0.25, 0.3) is 0 Å². The molecule has 0 atom stereocenters. The molecule has 0 aliphatic heterocycles. The highest BCUT2D eigenvalue weighted by molar-refractivity contribution is 7.75. The number of benzene rings is 3. The number of hydrogen-bond donors (Lipinski definition) is 0. The van der Waals surface area contributed by atoms with Crippen molar-refractivity contribution in [2.45, 2.75) is 0 Å². The Bertz CT molecular complexity index is 648. The first-order chi connectivity index (χ1) is 10.4. The van der Waals surface area contributed by atoms with Crippen LogP contribution >= 0.6 is 7.92 Å². The fraction of sp³-hybridized carbons (Fsp3) is 0. The highest BCUT2D eigenvalue weighted by atomic mass is 31.1. The molecular weight excluding hydrogens is 271 g/mol. The van der Waals surface area contributed by atoms with E-state index in [1.807, 2.05) is 0 Å². The molecule has 3 aromatic carbocycles. The van der Waals surface area contributed by atoms with Gasteiger partial charge >= 0.3 is 0 Å². The van der Waals surface area contributed by atoms with Crippen molar-refractivity contribution in [3.8, 4) is 0 Å². The summed E-state index contributed by atoms with van der Waals surface area (Å²) in [5.41, 5.74) is 1.25. The van der Waals surface area contributed by atoms with Crippen molar-refractivity contribution in [3.05, 3.63) is 102 Å². The first-order valence-corrected chi connectivity index (χ1v) is 8.47. The predicted molar refractivity (Wildman–Crippen MR) is 94.5 cm³/mol. The fourth-order valence-corrected chi connectivity index (χ4v) is 4.17. The van der Waals surface area contributed by atoms with Crippen LogP contribution in [0.15, 0.2) is 96.8 Å². The predicted octanol–water partition coefficient (Wildman–Crippen LogP) is 4.79. The number of rotatable bonds is 4. The average Bonchev–Trinajstić information content (AvgIpc) is 2.58. The van der Waals surface area contributed by atoms with Crippen molar-refractivity contribution >= 4 is 24.6 Å². The van der Waals surface area contributed by atoms with Gasteiger partial charge in [0.1, 0.15) is 0 Å². The second kappa shape index (κ2) is 7.02. The summed E-state index contributed by atoms with van der Waals surface area (Å²) in [5.74, 6) is 2.34. The van der Waals surface area contributed by atoms with Gasteiger partial charge in [-0.25, -0.2) is 0 Å². The van der Waals surface area contributed by atoms with Crippen molar-refractivity contribution in [1.82, 2.24) is 0 Å². The third kappa shape index (κ3) is 3.68. The van der Waals surface area contributed by atoms with E-state index in [0.717, 1.165) is 0 Å². The average molecular weight is 288 g/mol. The van der Waals surface area contributed by atoms with Gasteiger partial charge in [0, 0.05) is 0 Å². The molecule has 3 rings (SSSR count). The SMILES string of the molecule is C(=C/P(c1ccccc1)c1ccccc1)/c1ccccc1. The Morgan fingerprint density at radius 3 is 1.43 bits per heavy atom. The van der Waals surface area contributed by atoms with Gasteiger partial charge in [-0.1, -0.05) is 103 Å². The normalized spacial score (nSPS) is 11.1. The van der Waals surface area contributed by atoms with Gasteiger partial charge in [0.05, 0.1) is 0 Å².